The van der Waals surface area contributed by atoms with Crippen LogP contribution in [0.4, 0.5) is 13.6 Å². The number of rotatable bonds is 8. The quantitative estimate of drug-likeness (QED) is 0.463. The number of nitrogens with one attached hydrogen (secondary N) is 1. The van der Waals surface area contributed by atoms with Gasteiger partial charge in [-0.3, -0.25) is 19.3 Å². The van der Waals surface area contributed by atoms with Crippen molar-refractivity contribution in [3.8, 4) is 5.75 Å². The van der Waals surface area contributed by atoms with Crippen LogP contribution in [0.2, 0.25) is 0 Å². The number of benzene rings is 1. The molecule has 2 aliphatic rings. The van der Waals surface area contributed by atoms with E-state index in [1.165, 1.54) is 18.0 Å². The lowest BCUT2D eigenvalue weighted by Crippen LogP contribution is -2.60. The molecule has 0 bridgehead atoms. The molecule has 1 aromatic carbocycles. The van der Waals surface area contributed by atoms with Gasteiger partial charge in [-0.05, 0) is 51.7 Å². The van der Waals surface area contributed by atoms with E-state index in [1.54, 1.807) is 37.5 Å². The molecule has 3 N–H and O–H groups in total. The minimum Gasteiger partial charge on any atom is -0.493 e. The molecule has 1 aromatic rings. The van der Waals surface area contributed by atoms with Crippen LogP contribution in [-0.4, -0.2) is 102 Å². The first-order chi connectivity index (χ1) is 19.9. The van der Waals surface area contributed by atoms with E-state index in [1.807, 2.05) is 20.8 Å². The summed E-state index contributed by atoms with van der Waals surface area (Å²) in [6.07, 6.45) is -0.164. The Kier molecular flexibility index (Phi) is 10.3. The second-order valence-electron chi connectivity index (χ2n) is 13.4. The van der Waals surface area contributed by atoms with Gasteiger partial charge in [0.05, 0.1) is 25.2 Å². The molecular weight excluding hydrogens is 564 g/mol. The first kappa shape index (κ1) is 34.0. The number of halogens is 2. The van der Waals surface area contributed by atoms with Crippen molar-refractivity contribution in [2.75, 3.05) is 33.3 Å². The monoisotopic (exact) mass is 609 g/mol. The standard InChI is InChI=1S/C30H45F2N5O6/c1-17(35(8)28(41)43-30(5,6)7)26(39)34-25(29(2,3)4)27(40)36-12-11-22-24(36)18(15-37(22)23(38)14-33)16-42-19-9-10-20(31)21(32)13-19/h9-10,13,17-18,22,24-25H,11-12,14-16,33H2,1-8H3,(H,34,39)/t17-,18+,22+,24+,25+/m0/s1. The SMILES string of the molecule is C[C@@H](C(=O)N[C@H](C(=O)N1CC[C@@H]2[C@H]1[C@@H](COc1ccc(F)c(F)c1)CN2C(=O)CN)C(C)(C)C)N(C)C(=O)OC(C)(C)C. The molecule has 3 rings (SSSR count). The lowest BCUT2D eigenvalue weighted by atomic mass is 9.85. The van der Waals surface area contributed by atoms with E-state index in [2.05, 4.69) is 5.32 Å². The highest BCUT2D eigenvalue weighted by Crippen LogP contribution is 2.37. The highest BCUT2D eigenvalue weighted by Gasteiger charge is 2.53. The summed E-state index contributed by atoms with van der Waals surface area (Å²) in [5.41, 5.74) is 4.22. The number of likely N-dealkylation sites (tertiary alicyclic amines) is 2. The average molecular weight is 610 g/mol. The molecule has 0 spiro atoms. The number of nitrogens with two attached hydrogens (primary N) is 1. The van der Waals surface area contributed by atoms with Crippen LogP contribution < -0.4 is 15.8 Å². The highest BCUT2D eigenvalue weighted by molar-refractivity contribution is 5.92. The van der Waals surface area contributed by atoms with Crippen LogP contribution in [0.25, 0.3) is 0 Å². The van der Waals surface area contributed by atoms with Gasteiger partial charge in [-0.1, -0.05) is 20.8 Å². The Labute approximate surface area is 252 Å². The molecule has 2 heterocycles. The minimum absolute atomic E-state index is 0.0363. The molecule has 0 radical (unpaired) electrons. The first-order valence-electron chi connectivity index (χ1n) is 14.5. The number of hydrogen-bond donors (Lipinski definition) is 2. The number of ether oxygens (including phenoxy) is 2. The Morgan fingerprint density at radius 2 is 1.74 bits per heavy atom. The molecule has 13 heteroatoms. The summed E-state index contributed by atoms with van der Waals surface area (Å²) in [6.45, 7) is 12.6. The van der Waals surface area contributed by atoms with E-state index < -0.39 is 52.8 Å². The van der Waals surface area contributed by atoms with Gasteiger partial charge < -0.3 is 30.3 Å². The molecule has 11 nitrogen and oxygen atoms in total. The lowest BCUT2D eigenvalue weighted by molar-refractivity contribution is -0.142. The second-order valence-corrected chi connectivity index (χ2v) is 13.4. The fourth-order valence-electron chi connectivity index (χ4n) is 5.53. The van der Waals surface area contributed by atoms with Gasteiger partial charge >= 0.3 is 6.09 Å². The van der Waals surface area contributed by atoms with E-state index in [4.69, 9.17) is 15.2 Å². The van der Waals surface area contributed by atoms with Gasteiger partial charge in [0.2, 0.25) is 17.7 Å². The van der Waals surface area contributed by atoms with Crippen LogP contribution in [0.15, 0.2) is 18.2 Å². The lowest BCUT2D eigenvalue weighted by Gasteiger charge is -2.38. The summed E-state index contributed by atoms with van der Waals surface area (Å²) in [6, 6.07) is 0.578. The summed E-state index contributed by atoms with van der Waals surface area (Å²) in [5, 5.41) is 2.85. The van der Waals surface area contributed by atoms with Gasteiger partial charge in [0.1, 0.15) is 23.4 Å². The van der Waals surface area contributed by atoms with E-state index in [9.17, 15) is 28.0 Å². The van der Waals surface area contributed by atoms with Crippen molar-refractivity contribution >= 4 is 23.8 Å². The van der Waals surface area contributed by atoms with Crippen molar-refractivity contribution in [3.63, 3.8) is 0 Å². The van der Waals surface area contributed by atoms with Gasteiger partial charge in [0, 0.05) is 32.1 Å². The summed E-state index contributed by atoms with van der Waals surface area (Å²) in [7, 11) is 1.45. The predicted octanol–water partition coefficient (Wildman–Crippen LogP) is 2.52. The molecule has 0 aromatic heterocycles. The largest absolute Gasteiger partial charge is 0.493 e. The first-order valence-corrected chi connectivity index (χ1v) is 14.5. The van der Waals surface area contributed by atoms with Crippen LogP contribution in [-0.2, 0) is 19.1 Å². The van der Waals surface area contributed by atoms with E-state index in [0.29, 0.717) is 13.0 Å². The van der Waals surface area contributed by atoms with Crippen molar-refractivity contribution in [1.29, 1.82) is 0 Å². The van der Waals surface area contributed by atoms with Crippen LogP contribution >= 0.6 is 0 Å². The number of nitrogens with zero attached hydrogens (tertiary/aromatic N) is 3. The second kappa shape index (κ2) is 13.0. The number of carbonyl (C=O) groups excluding carboxylic acids is 4. The Morgan fingerprint density at radius 3 is 2.30 bits per heavy atom. The van der Waals surface area contributed by atoms with Crippen LogP contribution in [0.3, 0.4) is 0 Å². The molecule has 43 heavy (non-hydrogen) atoms. The molecule has 0 unspecified atom stereocenters. The van der Waals surface area contributed by atoms with Gasteiger partial charge in [-0.2, -0.15) is 0 Å². The number of amides is 4. The van der Waals surface area contributed by atoms with Crippen LogP contribution in [0.5, 0.6) is 5.75 Å². The molecule has 240 valence electrons. The van der Waals surface area contributed by atoms with Crippen molar-refractivity contribution in [1.82, 2.24) is 20.0 Å². The van der Waals surface area contributed by atoms with Crippen LogP contribution in [0.1, 0.15) is 54.9 Å². The third kappa shape index (κ3) is 7.92. The van der Waals surface area contributed by atoms with Crippen molar-refractivity contribution < 1.29 is 37.4 Å². The van der Waals surface area contributed by atoms with Gasteiger partial charge in [0.25, 0.3) is 0 Å². The number of likely N-dealkylation sites (N-methyl/N-ethyl adjacent to an activating group) is 1. The topological polar surface area (TPSA) is 135 Å². The number of hydrogen-bond acceptors (Lipinski definition) is 7. The zero-order chi connectivity index (χ0) is 32.4. The Hall–Kier alpha value is -3.48. The fourth-order valence-corrected chi connectivity index (χ4v) is 5.53. The Balaban J connectivity index is 1.82. The van der Waals surface area contributed by atoms with E-state index in [0.717, 1.165) is 12.1 Å². The minimum atomic E-state index is -1.05. The number of fused-ring (bicyclic) bond motifs is 1. The van der Waals surface area contributed by atoms with E-state index in [-0.39, 0.29) is 49.2 Å². The van der Waals surface area contributed by atoms with Gasteiger partial charge in [-0.25, -0.2) is 13.6 Å². The maximum Gasteiger partial charge on any atom is 0.410 e. The molecule has 2 saturated heterocycles. The third-order valence-corrected chi connectivity index (χ3v) is 7.91. The normalized spacial score (nSPS) is 21.6. The van der Waals surface area contributed by atoms with E-state index >= 15 is 0 Å². The van der Waals surface area contributed by atoms with Crippen LogP contribution in [0, 0.1) is 23.0 Å². The third-order valence-electron chi connectivity index (χ3n) is 7.91. The summed E-state index contributed by atoms with van der Waals surface area (Å²) in [5.74, 6) is -3.40. The summed E-state index contributed by atoms with van der Waals surface area (Å²) in [4.78, 5) is 57.3. The Morgan fingerprint density at radius 1 is 1.09 bits per heavy atom. The maximum absolute atomic E-state index is 14.2. The predicted molar refractivity (Wildman–Crippen MR) is 155 cm³/mol. The number of carbonyl (C=O) groups is 4. The highest BCUT2D eigenvalue weighted by atomic mass is 19.2. The molecule has 2 aliphatic heterocycles. The Bertz CT molecular complexity index is 1220. The zero-order valence-corrected chi connectivity index (χ0v) is 26.3. The van der Waals surface area contributed by atoms with Crippen molar-refractivity contribution in [2.24, 2.45) is 17.1 Å². The summed E-state index contributed by atoms with van der Waals surface area (Å²) >= 11 is 0. The molecule has 2 fully saturated rings. The molecule has 5 atom stereocenters. The van der Waals surface area contributed by atoms with Crippen molar-refractivity contribution in [2.45, 2.75) is 84.7 Å². The smallest absolute Gasteiger partial charge is 0.410 e. The summed E-state index contributed by atoms with van der Waals surface area (Å²) < 4.78 is 38.4. The fraction of sp³-hybridized carbons (Fsp3) is 0.667. The van der Waals surface area contributed by atoms with Gasteiger partial charge in [-0.15, -0.1) is 0 Å². The zero-order valence-electron chi connectivity index (χ0n) is 26.3. The van der Waals surface area contributed by atoms with Gasteiger partial charge in [0.15, 0.2) is 11.6 Å². The maximum atomic E-state index is 14.2. The average Bonchev–Trinajstić information content (AvgIpc) is 3.50. The molecule has 4 amide bonds. The molecule has 0 aliphatic carbocycles. The molecule has 0 saturated carbocycles. The molecular formula is C30H45F2N5O6. The van der Waals surface area contributed by atoms with Crippen molar-refractivity contribution in [3.05, 3.63) is 29.8 Å².